The largest absolute Gasteiger partial charge is 0.306 e. The van der Waals surface area contributed by atoms with Crippen molar-refractivity contribution >= 4 is 11.6 Å². The molecule has 0 aliphatic rings. The van der Waals surface area contributed by atoms with E-state index in [-0.39, 0.29) is 0 Å². The summed E-state index contributed by atoms with van der Waals surface area (Å²) in [5.41, 5.74) is 2.62. The second-order valence-corrected chi connectivity index (χ2v) is 5.20. The Morgan fingerprint density at radius 1 is 1.00 bits per heavy atom. The van der Waals surface area contributed by atoms with Crippen LogP contribution < -0.4 is 5.32 Å². The van der Waals surface area contributed by atoms with Crippen LogP contribution in [0.15, 0.2) is 54.6 Å². The van der Waals surface area contributed by atoms with Crippen LogP contribution in [-0.4, -0.2) is 0 Å². The summed E-state index contributed by atoms with van der Waals surface area (Å²) in [6, 6.07) is 19.1. The molecule has 2 rings (SSSR count). The minimum atomic E-state index is 0.418. The molecule has 0 aliphatic carbocycles. The summed E-state index contributed by atoms with van der Waals surface area (Å²) in [5.74, 6) is 0. The minimum absolute atomic E-state index is 0.418. The molecule has 0 radical (unpaired) electrons. The van der Waals surface area contributed by atoms with E-state index in [0.717, 1.165) is 18.0 Å². The Kier molecular flexibility index (Phi) is 5.44. The second-order valence-electron chi connectivity index (χ2n) is 4.76. The first-order valence-corrected chi connectivity index (χ1v) is 7.20. The van der Waals surface area contributed by atoms with Crippen molar-refractivity contribution in [2.24, 2.45) is 0 Å². The van der Waals surface area contributed by atoms with E-state index in [0.29, 0.717) is 6.04 Å². The lowest BCUT2D eigenvalue weighted by Gasteiger charge is -2.18. The molecule has 19 heavy (non-hydrogen) atoms. The standard InChI is InChI=1S/C17H20ClN/c1-2-6-17(15-7-4-3-5-8-15)19-13-14-9-11-16(18)12-10-14/h3-5,7-12,17,19H,2,6,13H2,1H3. The second kappa shape index (κ2) is 7.32. The van der Waals surface area contributed by atoms with Crippen LogP contribution in [-0.2, 0) is 6.54 Å². The first-order chi connectivity index (χ1) is 9.29. The molecule has 2 heteroatoms. The SMILES string of the molecule is CCCC(NCc1ccc(Cl)cc1)c1ccccc1. The van der Waals surface area contributed by atoms with Gasteiger partial charge in [-0.15, -0.1) is 0 Å². The number of hydrogen-bond donors (Lipinski definition) is 1. The molecule has 1 nitrogen and oxygen atoms in total. The van der Waals surface area contributed by atoms with Gasteiger partial charge in [-0.25, -0.2) is 0 Å². The average molecular weight is 274 g/mol. The molecular formula is C17H20ClN. The van der Waals surface area contributed by atoms with Crippen molar-refractivity contribution in [3.05, 3.63) is 70.7 Å². The number of benzene rings is 2. The Hall–Kier alpha value is -1.31. The van der Waals surface area contributed by atoms with Gasteiger partial charge in [-0.1, -0.05) is 67.4 Å². The van der Waals surface area contributed by atoms with Crippen LogP contribution in [0, 0.1) is 0 Å². The zero-order chi connectivity index (χ0) is 13.5. The fourth-order valence-corrected chi connectivity index (χ4v) is 2.33. The van der Waals surface area contributed by atoms with E-state index >= 15 is 0 Å². The van der Waals surface area contributed by atoms with Gasteiger partial charge in [-0.2, -0.15) is 0 Å². The molecule has 1 atom stereocenters. The Labute approximate surface area is 120 Å². The first-order valence-electron chi connectivity index (χ1n) is 6.82. The lowest BCUT2D eigenvalue weighted by Crippen LogP contribution is -2.20. The number of halogens is 1. The van der Waals surface area contributed by atoms with E-state index in [2.05, 4.69) is 54.7 Å². The fraction of sp³-hybridized carbons (Fsp3) is 0.294. The highest BCUT2D eigenvalue weighted by Crippen LogP contribution is 2.19. The van der Waals surface area contributed by atoms with Crippen LogP contribution in [0.1, 0.15) is 36.9 Å². The van der Waals surface area contributed by atoms with Gasteiger partial charge in [-0.05, 0) is 29.7 Å². The molecule has 0 spiro atoms. The van der Waals surface area contributed by atoms with Crippen LogP contribution in [0.3, 0.4) is 0 Å². The van der Waals surface area contributed by atoms with Gasteiger partial charge in [0, 0.05) is 17.6 Å². The Morgan fingerprint density at radius 2 is 1.68 bits per heavy atom. The monoisotopic (exact) mass is 273 g/mol. The molecule has 0 fully saturated rings. The number of rotatable bonds is 6. The van der Waals surface area contributed by atoms with E-state index in [9.17, 15) is 0 Å². The summed E-state index contributed by atoms with van der Waals surface area (Å²) in [6.45, 7) is 3.09. The smallest absolute Gasteiger partial charge is 0.0406 e. The highest BCUT2D eigenvalue weighted by Gasteiger charge is 2.09. The Morgan fingerprint density at radius 3 is 2.32 bits per heavy atom. The third-order valence-corrected chi connectivity index (χ3v) is 3.50. The summed E-state index contributed by atoms with van der Waals surface area (Å²) >= 11 is 5.90. The van der Waals surface area contributed by atoms with E-state index in [1.54, 1.807) is 0 Å². The van der Waals surface area contributed by atoms with E-state index in [1.807, 2.05) is 12.1 Å². The van der Waals surface area contributed by atoms with Crippen LogP contribution in [0.5, 0.6) is 0 Å². The normalized spacial score (nSPS) is 12.3. The molecule has 2 aromatic rings. The molecule has 1 unspecified atom stereocenters. The predicted molar refractivity (Wildman–Crippen MR) is 82.4 cm³/mol. The Balaban J connectivity index is 1.99. The predicted octanol–water partition coefficient (Wildman–Crippen LogP) is 4.97. The summed E-state index contributed by atoms with van der Waals surface area (Å²) in [7, 11) is 0. The van der Waals surface area contributed by atoms with Crippen molar-refractivity contribution < 1.29 is 0 Å². The molecule has 0 heterocycles. The van der Waals surface area contributed by atoms with Crippen LogP contribution >= 0.6 is 11.6 Å². The number of nitrogens with one attached hydrogen (secondary N) is 1. The quantitative estimate of drug-likeness (QED) is 0.783. The van der Waals surface area contributed by atoms with Crippen molar-refractivity contribution in [2.45, 2.75) is 32.4 Å². The number of hydrogen-bond acceptors (Lipinski definition) is 1. The molecular weight excluding hydrogens is 254 g/mol. The maximum Gasteiger partial charge on any atom is 0.0406 e. The molecule has 1 N–H and O–H groups in total. The van der Waals surface area contributed by atoms with Gasteiger partial charge in [0.05, 0.1) is 0 Å². The Bertz CT molecular complexity index is 478. The van der Waals surface area contributed by atoms with E-state index in [4.69, 9.17) is 11.6 Å². The van der Waals surface area contributed by atoms with Crippen molar-refractivity contribution in [2.75, 3.05) is 0 Å². The molecule has 0 saturated carbocycles. The molecule has 2 aromatic carbocycles. The molecule has 0 aliphatic heterocycles. The van der Waals surface area contributed by atoms with Crippen LogP contribution in [0.4, 0.5) is 0 Å². The zero-order valence-electron chi connectivity index (χ0n) is 11.3. The zero-order valence-corrected chi connectivity index (χ0v) is 12.0. The maximum atomic E-state index is 5.90. The van der Waals surface area contributed by atoms with Gasteiger partial charge in [0.25, 0.3) is 0 Å². The fourth-order valence-electron chi connectivity index (χ4n) is 2.20. The molecule has 0 saturated heterocycles. The van der Waals surface area contributed by atoms with E-state index in [1.165, 1.54) is 17.5 Å². The van der Waals surface area contributed by atoms with Gasteiger partial charge in [0.2, 0.25) is 0 Å². The molecule has 0 bridgehead atoms. The molecule has 100 valence electrons. The van der Waals surface area contributed by atoms with Crippen molar-refractivity contribution in [3.8, 4) is 0 Å². The van der Waals surface area contributed by atoms with Gasteiger partial charge < -0.3 is 5.32 Å². The average Bonchev–Trinajstić information content (AvgIpc) is 2.46. The van der Waals surface area contributed by atoms with E-state index < -0.39 is 0 Å². The third-order valence-electron chi connectivity index (χ3n) is 3.25. The lowest BCUT2D eigenvalue weighted by atomic mass is 10.0. The molecule has 0 amide bonds. The summed E-state index contributed by atoms with van der Waals surface area (Å²) in [4.78, 5) is 0. The maximum absolute atomic E-state index is 5.90. The lowest BCUT2D eigenvalue weighted by molar-refractivity contribution is 0.493. The van der Waals surface area contributed by atoms with Gasteiger partial charge in [-0.3, -0.25) is 0 Å². The topological polar surface area (TPSA) is 12.0 Å². The van der Waals surface area contributed by atoms with Gasteiger partial charge in [0.15, 0.2) is 0 Å². The van der Waals surface area contributed by atoms with Crippen molar-refractivity contribution in [1.29, 1.82) is 0 Å². The minimum Gasteiger partial charge on any atom is -0.306 e. The van der Waals surface area contributed by atoms with Gasteiger partial charge >= 0.3 is 0 Å². The van der Waals surface area contributed by atoms with Crippen molar-refractivity contribution in [1.82, 2.24) is 5.32 Å². The molecule has 0 aromatic heterocycles. The highest BCUT2D eigenvalue weighted by molar-refractivity contribution is 6.30. The van der Waals surface area contributed by atoms with Crippen LogP contribution in [0.2, 0.25) is 5.02 Å². The highest BCUT2D eigenvalue weighted by atomic mass is 35.5. The summed E-state index contributed by atoms with van der Waals surface area (Å²) < 4.78 is 0. The van der Waals surface area contributed by atoms with Crippen LogP contribution in [0.25, 0.3) is 0 Å². The summed E-state index contributed by atoms with van der Waals surface area (Å²) in [5, 5.41) is 4.42. The first kappa shape index (κ1) is 14.1. The summed E-state index contributed by atoms with van der Waals surface area (Å²) in [6.07, 6.45) is 2.32. The van der Waals surface area contributed by atoms with Gasteiger partial charge in [0.1, 0.15) is 0 Å². The third kappa shape index (κ3) is 4.38. The van der Waals surface area contributed by atoms with Crippen molar-refractivity contribution in [3.63, 3.8) is 0 Å².